The second-order valence-electron chi connectivity index (χ2n) is 7.23. The van der Waals surface area contributed by atoms with Crippen molar-refractivity contribution in [2.45, 2.75) is 30.8 Å². The molecule has 0 bridgehead atoms. The van der Waals surface area contributed by atoms with Gasteiger partial charge in [0.15, 0.2) is 5.75 Å². The van der Waals surface area contributed by atoms with E-state index in [0.717, 1.165) is 13.0 Å². The van der Waals surface area contributed by atoms with Gasteiger partial charge in [-0.2, -0.15) is 4.31 Å². The number of hydrogen-bond donors (Lipinski definition) is 3. The van der Waals surface area contributed by atoms with Crippen molar-refractivity contribution in [2.24, 2.45) is 0 Å². The largest absolute Gasteiger partial charge is 0.504 e. The minimum atomic E-state index is -4.16. The van der Waals surface area contributed by atoms with Crippen LogP contribution in [0.5, 0.6) is 5.75 Å². The molecule has 1 aliphatic heterocycles. The van der Waals surface area contributed by atoms with Crippen molar-refractivity contribution in [3.8, 4) is 5.75 Å². The minimum absolute atomic E-state index is 0.129. The average Bonchev–Trinajstić information content (AvgIpc) is 3.21. The van der Waals surface area contributed by atoms with Crippen LogP contribution < -0.4 is 10.6 Å². The molecule has 0 saturated carbocycles. The number of carbonyl (C=O) groups excluding carboxylic acids is 1. The van der Waals surface area contributed by atoms with Gasteiger partial charge in [-0.15, -0.1) is 0 Å². The lowest BCUT2D eigenvalue weighted by Crippen LogP contribution is -2.45. The van der Waals surface area contributed by atoms with E-state index < -0.39 is 26.7 Å². The molecule has 12 heteroatoms. The van der Waals surface area contributed by atoms with E-state index in [1.165, 1.54) is 23.5 Å². The number of benzene rings is 2. The fourth-order valence-electron chi connectivity index (χ4n) is 3.66. The highest BCUT2D eigenvalue weighted by molar-refractivity contribution is 7.89. The van der Waals surface area contributed by atoms with Crippen LogP contribution in [-0.2, 0) is 10.0 Å². The number of urea groups is 1. The van der Waals surface area contributed by atoms with Gasteiger partial charge in [-0.25, -0.2) is 13.2 Å². The Kier molecular flexibility index (Phi) is 7.80. The number of halogens is 3. The first-order chi connectivity index (χ1) is 15.1. The first-order valence-corrected chi connectivity index (χ1v) is 12.4. The van der Waals surface area contributed by atoms with Crippen LogP contribution in [0.3, 0.4) is 0 Å². The van der Waals surface area contributed by atoms with Crippen molar-refractivity contribution in [1.29, 1.82) is 0 Å². The van der Waals surface area contributed by atoms with Gasteiger partial charge in [0.1, 0.15) is 4.90 Å². The summed E-state index contributed by atoms with van der Waals surface area (Å²) in [5.41, 5.74) is 0.120. The van der Waals surface area contributed by atoms with E-state index in [9.17, 15) is 18.3 Å². The van der Waals surface area contributed by atoms with E-state index in [-0.39, 0.29) is 32.6 Å². The van der Waals surface area contributed by atoms with Gasteiger partial charge in [0.2, 0.25) is 10.0 Å². The van der Waals surface area contributed by atoms with Gasteiger partial charge in [-0.3, -0.25) is 4.90 Å². The molecule has 0 aromatic heterocycles. The molecule has 1 fully saturated rings. The number of carbonyl (C=O) groups is 1. The fourth-order valence-corrected chi connectivity index (χ4v) is 5.97. The lowest BCUT2D eigenvalue weighted by molar-refractivity contribution is 0.168. The Bertz CT molecular complexity index is 1130. The molecule has 1 heterocycles. The summed E-state index contributed by atoms with van der Waals surface area (Å²) in [4.78, 5) is 14.0. The first kappa shape index (κ1) is 24.9. The van der Waals surface area contributed by atoms with Crippen LogP contribution in [-0.4, -0.2) is 55.1 Å². The standard InChI is InChI=1S/C20H23Cl3N4O4S/c1-3-27-11-5-8-16(27)26(2)32(30,31)19-13(22)9-10-15(18(19)28)25-20(29)24-14-7-4-6-12(21)17(14)23/h4,6-7,9-10,16,28H,3,5,8,11H2,1-2H3,(H2,24,25,29). The third-order valence-corrected chi connectivity index (χ3v) is 8.50. The monoisotopic (exact) mass is 520 g/mol. The third-order valence-electron chi connectivity index (χ3n) is 5.32. The highest BCUT2D eigenvalue weighted by Crippen LogP contribution is 2.39. The van der Waals surface area contributed by atoms with Crippen molar-refractivity contribution >= 4 is 62.2 Å². The number of phenols is 1. The van der Waals surface area contributed by atoms with E-state index >= 15 is 0 Å². The SMILES string of the molecule is CCN1CCCC1N(C)S(=O)(=O)c1c(Cl)ccc(NC(=O)Nc2cccc(Cl)c2Cl)c1O. The molecule has 8 nitrogen and oxygen atoms in total. The van der Waals surface area contributed by atoms with Crippen molar-refractivity contribution < 1.29 is 18.3 Å². The van der Waals surface area contributed by atoms with E-state index in [4.69, 9.17) is 34.8 Å². The van der Waals surface area contributed by atoms with Crippen LogP contribution in [0.25, 0.3) is 0 Å². The van der Waals surface area contributed by atoms with E-state index in [0.29, 0.717) is 13.0 Å². The summed E-state index contributed by atoms with van der Waals surface area (Å²) >= 11 is 18.2. The Morgan fingerprint density at radius 2 is 1.84 bits per heavy atom. The number of hydrogen-bond acceptors (Lipinski definition) is 5. The molecule has 174 valence electrons. The molecule has 0 radical (unpaired) electrons. The Labute approximate surface area is 202 Å². The van der Waals surface area contributed by atoms with Crippen LogP contribution in [0.4, 0.5) is 16.2 Å². The fraction of sp³-hybridized carbons (Fsp3) is 0.350. The Morgan fingerprint density at radius 1 is 1.16 bits per heavy atom. The van der Waals surface area contributed by atoms with Gasteiger partial charge < -0.3 is 15.7 Å². The van der Waals surface area contributed by atoms with Gasteiger partial charge >= 0.3 is 6.03 Å². The zero-order valence-electron chi connectivity index (χ0n) is 17.4. The summed E-state index contributed by atoms with van der Waals surface area (Å²) in [5, 5.41) is 15.9. The number of anilines is 2. The molecule has 1 saturated heterocycles. The molecular weight excluding hydrogens is 499 g/mol. The molecule has 32 heavy (non-hydrogen) atoms. The molecule has 1 unspecified atom stereocenters. The lowest BCUT2D eigenvalue weighted by atomic mass is 10.3. The molecule has 0 spiro atoms. The van der Waals surface area contributed by atoms with Crippen LogP contribution in [0.1, 0.15) is 19.8 Å². The van der Waals surface area contributed by atoms with E-state index in [1.807, 2.05) is 11.8 Å². The maximum absolute atomic E-state index is 13.3. The molecular formula is C20H23Cl3N4O4S. The molecule has 3 rings (SSSR count). The number of nitrogens with one attached hydrogen (secondary N) is 2. The molecule has 2 amide bonds. The normalized spacial score (nSPS) is 17.0. The van der Waals surface area contributed by atoms with E-state index in [1.54, 1.807) is 18.2 Å². The summed E-state index contributed by atoms with van der Waals surface area (Å²) in [6.07, 6.45) is 1.19. The number of likely N-dealkylation sites (tertiary alicyclic amines) is 1. The van der Waals surface area contributed by atoms with Gasteiger partial charge in [0.25, 0.3) is 0 Å². The van der Waals surface area contributed by atoms with Crippen LogP contribution in [0, 0.1) is 0 Å². The van der Waals surface area contributed by atoms with Gasteiger partial charge in [0, 0.05) is 7.05 Å². The topological polar surface area (TPSA) is 102 Å². The first-order valence-electron chi connectivity index (χ1n) is 9.83. The second-order valence-corrected chi connectivity index (χ2v) is 10.4. The molecule has 2 aromatic rings. The number of nitrogens with zero attached hydrogens (tertiary/aromatic N) is 2. The molecule has 0 aliphatic carbocycles. The van der Waals surface area contributed by atoms with Gasteiger partial charge in [-0.1, -0.05) is 47.8 Å². The molecule has 1 atom stereocenters. The number of amides is 2. The second kappa shape index (κ2) is 10.0. The third kappa shape index (κ3) is 4.93. The van der Waals surface area contributed by atoms with Crippen LogP contribution in [0.2, 0.25) is 15.1 Å². The summed E-state index contributed by atoms with van der Waals surface area (Å²) in [5.74, 6) is -0.655. The summed E-state index contributed by atoms with van der Waals surface area (Å²) in [6, 6.07) is 6.57. The van der Waals surface area contributed by atoms with Gasteiger partial charge in [-0.05, 0) is 50.2 Å². The summed E-state index contributed by atoms with van der Waals surface area (Å²) in [7, 11) is -2.70. The highest BCUT2D eigenvalue weighted by Gasteiger charge is 2.37. The summed E-state index contributed by atoms with van der Waals surface area (Å²) in [6.45, 7) is 3.44. The van der Waals surface area contributed by atoms with Crippen LogP contribution >= 0.6 is 34.8 Å². The number of aromatic hydroxyl groups is 1. The quantitative estimate of drug-likeness (QED) is 0.461. The van der Waals surface area contributed by atoms with E-state index in [2.05, 4.69) is 10.6 Å². The lowest BCUT2D eigenvalue weighted by Gasteiger charge is -2.31. The Balaban J connectivity index is 1.88. The maximum Gasteiger partial charge on any atom is 0.323 e. The number of phenolic OH excluding ortho intramolecular Hbond substituents is 1. The molecule has 1 aliphatic rings. The van der Waals surface area contributed by atoms with Crippen LogP contribution in [0.15, 0.2) is 35.2 Å². The number of rotatable bonds is 6. The number of sulfonamides is 1. The predicted molar refractivity (Wildman–Crippen MR) is 127 cm³/mol. The van der Waals surface area contributed by atoms with Crippen molar-refractivity contribution in [3.63, 3.8) is 0 Å². The van der Waals surface area contributed by atoms with Crippen molar-refractivity contribution in [2.75, 3.05) is 30.8 Å². The highest BCUT2D eigenvalue weighted by atomic mass is 35.5. The zero-order chi connectivity index (χ0) is 23.6. The minimum Gasteiger partial charge on any atom is -0.504 e. The molecule has 3 N–H and O–H groups in total. The average molecular weight is 522 g/mol. The van der Waals surface area contributed by atoms with Crippen molar-refractivity contribution in [1.82, 2.24) is 9.21 Å². The molecule has 2 aromatic carbocycles. The predicted octanol–water partition coefficient (Wildman–Crippen LogP) is 5.06. The van der Waals surface area contributed by atoms with Crippen molar-refractivity contribution in [3.05, 3.63) is 45.4 Å². The smallest absolute Gasteiger partial charge is 0.323 e. The van der Waals surface area contributed by atoms with Gasteiger partial charge in [0.05, 0.1) is 32.6 Å². The maximum atomic E-state index is 13.3. The summed E-state index contributed by atoms with van der Waals surface area (Å²) < 4.78 is 27.9. The zero-order valence-corrected chi connectivity index (χ0v) is 20.5. The Hall–Kier alpha value is -1.75. The Morgan fingerprint density at radius 3 is 2.53 bits per heavy atom.